The van der Waals surface area contributed by atoms with E-state index in [1.54, 1.807) is 19.1 Å². The van der Waals surface area contributed by atoms with E-state index in [1.165, 1.54) is 17.1 Å². The standard InChI is InChI=1S/C15H17ClN4O2/c1-10-3-4-12(7-13(10)16)19-15(22)18-5-6-20-9-17-8-11(2)14(20)21/h3-4,7-9H,5-6H2,1-2H3,(H2,18,19,22). The summed E-state index contributed by atoms with van der Waals surface area (Å²) in [6, 6.07) is 4.94. The van der Waals surface area contributed by atoms with E-state index in [2.05, 4.69) is 15.6 Å². The van der Waals surface area contributed by atoms with Crippen LogP contribution in [-0.2, 0) is 6.54 Å². The molecule has 0 aliphatic heterocycles. The Hall–Kier alpha value is -2.34. The number of anilines is 1. The van der Waals surface area contributed by atoms with Crippen LogP contribution in [0.2, 0.25) is 5.02 Å². The van der Waals surface area contributed by atoms with E-state index in [9.17, 15) is 9.59 Å². The summed E-state index contributed by atoms with van der Waals surface area (Å²) < 4.78 is 1.46. The molecule has 0 saturated carbocycles. The molecule has 2 N–H and O–H groups in total. The average molecular weight is 321 g/mol. The molecule has 0 aliphatic carbocycles. The molecule has 116 valence electrons. The normalized spacial score (nSPS) is 10.3. The van der Waals surface area contributed by atoms with Gasteiger partial charge in [0.15, 0.2) is 0 Å². The number of amides is 2. The van der Waals surface area contributed by atoms with Crippen molar-refractivity contribution in [2.45, 2.75) is 20.4 Å². The zero-order valence-electron chi connectivity index (χ0n) is 12.4. The van der Waals surface area contributed by atoms with Gasteiger partial charge in [-0.05, 0) is 31.5 Å². The molecule has 0 fully saturated rings. The second kappa shape index (κ2) is 7.09. The molecule has 0 aliphatic rings. The highest BCUT2D eigenvalue weighted by atomic mass is 35.5. The number of rotatable bonds is 4. The predicted octanol–water partition coefficient (Wildman–Crippen LogP) is 2.34. The summed E-state index contributed by atoms with van der Waals surface area (Å²) in [5.41, 5.74) is 2.02. The van der Waals surface area contributed by atoms with Crippen LogP contribution >= 0.6 is 11.6 Å². The van der Waals surface area contributed by atoms with Gasteiger partial charge >= 0.3 is 6.03 Å². The fourth-order valence-electron chi connectivity index (χ4n) is 1.85. The summed E-state index contributed by atoms with van der Waals surface area (Å²) in [4.78, 5) is 27.5. The Labute approximate surface area is 133 Å². The average Bonchev–Trinajstić information content (AvgIpc) is 2.47. The summed E-state index contributed by atoms with van der Waals surface area (Å²) in [6.45, 7) is 4.26. The summed E-state index contributed by atoms with van der Waals surface area (Å²) in [5.74, 6) is 0. The number of halogens is 1. The number of benzene rings is 1. The molecule has 1 aromatic heterocycles. The second-order valence-electron chi connectivity index (χ2n) is 4.92. The summed E-state index contributed by atoms with van der Waals surface area (Å²) in [7, 11) is 0. The van der Waals surface area contributed by atoms with E-state index in [0.29, 0.717) is 29.4 Å². The Balaban J connectivity index is 1.86. The van der Waals surface area contributed by atoms with Crippen molar-refractivity contribution in [2.75, 3.05) is 11.9 Å². The van der Waals surface area contributed by atoms with E-state index in [0.717, 1.165) is 5.56 Å². The van der Waals surface area contributed by atoms with Crippen molar-refractivity contribution in [1.29, 1.82) is 0 Å². The summed E-state index contributed by atoms with van der Waals surface area (Å²) in [6.07, 6.45) is 2.97. The third kappa shape index (κ3) is 4.08. The molecule has 0 bridgehead atoms. The SMILES string of the molecule is Cc1ccc(NC(=O)NCCn2cncc(C)c2=O)cc1Cl. The molecule has 0 unspecified atom stereocenters. The highest BCUT2D eigenvalue weighted by Crippen LogP contribution is 2.19. The lowest BCUT2D eigenvalue weighted by atomic mass is 10.2. The molecule has 2 amide bonds. The molecule has 22 heavy (non-hydrogen) atoms. The first kappa shape index (κ1) is 16.0. The van der Waals surface area contributed by atoms with Crippen LogP contribution in [0.3, 0.4) is 0 Å². The van der Waals surface area contributed by atoms with Crippen LogP contribution in [0.1, 0.15) is 11.1 Å². The molecule has 0 spiro atoms. The van der Waals surface area contributed by atoms with Gasteiger partial charge in [0.1, 0.15) is 0 Å². The van der Waals surface area contributed by atoms with Gasteiger partial charge in [0.25, 0.3) is 5.56 Å². The third-order valence-corrected chi connectivity index (χ3v) is 3.55. The molecule has 2 rings (SSSR count). The van der Waals surface area contributed by atoms with Crippen LogP contribution in [0.4, 0.5) is 10.5 Å². The number of hydrogen-bond donors (Lipinski definition) is 2. The lowest BCUT2D eigenvalue weighted by Crippen LogP contribution is -2.34. The first-order chi connectivity index (χ1) is 10.5. The Morgan fingerprint density at radius 2 is 2.09 bits per heavy atom. The lowest BCUT2D eigenvalue weighted by Gasteiger charge is -2.10. The predicted molar refractivity (Wildman–Crippen MR) is 86.4 cm³/mol. The molecule has 2 aromatic rings. The van der Waals surface area contributed by atoms with Crippen molar-refractivity contribution in [3.8, 4) is 0 Å². The van der Waals surface area contributed by atoms with Gasteiger partial charge < -0.3 is 10.6 Å². The number of aromatic nitrogens is 2. The van der Waals surface area contributed by atoms with Crippen molar-refractivity contribution in [2.24, 2.45) is 0 Å². The minimum atomic E-state index is -0.353. The first-order valence-corrected chi connectivity index (χ1v) is 7.17. The number of carbonyl (C=O) groups is 1. The van der Waals surface area contributed by atoms with E-state index in [4.69, 9.17) is 11.6 Å². The maximum Gasteiger partial charge on any atom is 0.319 e. The molecular weight excluding hydrogens is 304 g/mol. The largest absolute Gasteiger partial charge is 0.336 e. The second-order valence-corrected chi connectivity index (χ2v) is 5.33. The minimum Gasteiger partial charge on any atom is -0.336 e. The van der Waals surface area contributed by atoms with Crippen LogP contribution in [-0.4, -0.2) is 22.1 Å². The smallest absolute Gasteiger partial charge is 0.319 e. The van der Waals surface area contributed by atoms with E-state index in [1.807, 2.05) is 13.0 Å². The third-order valence-electron chi connectivity index (χ3n) is 3.14. The summed E-state index contributed by atoms with van der Waals surface area (Å²) >= 11 is 6.00. The number of aryl methyl sites for hydroxylation is 2. The van der Waals surface area contributed by atoms with E-state index in [-0.39, 0.29) is 11.6 Å². The van der Waals surface area contributed by atoms with Crippen molar-refractivity contribution >= 4 is 23.3 Å². The van der Waals surface area contributed by atoms with Gasteiger partial charge in [-0.1, -0.05) is 17.7 Å². The molecule has 0 atom stereocenters. The Morgan fingerprint density at radius 1 is 1.32 bits per heavy atom. The van der Waals surface area contributed by atoms with Gasteiger partial charge in [-0.25, -0.2) is 9.78 Å². The fourth-order valence-corrected chi connectivity index (χ4v) is 2.04. The molecular formula is C15H17ClN4O2. The van der Waals surface area contributed by atoms with Crippen LogP contribution in [0.25, 0.3) is 0 Å². The molecule has 6 nitrogen and oxygen atoms in total. The number of hydrogen-bond acceptors (Lipinski definition) is 3. The van der Waals surface area contributed by atoms with Crippen LogP contribution < -0.4 is 16.2 Å². The fraction of sp³-hybridized carbons (Fsp3) is 0.267. The van der Waals surface area contributed by atoms with Gasteiger partial charge in [-0.2, -0.15) is 0 Å². The van der Waals surface area contributed by atoms with Gasteiger partial charge in [-0.15, -0.1) is 0 Å². The Kier molecular flexibility index (Phi) is 5.16. The zero-order chi connectivity index (χ0) is 16.1. The number of nitrogens with zero attached hydrogens (tertiary/aromatic N) is 2. The number of urea groups is 1. The van der Waals surface area contributed by atoms with Crippen molar-refractivity contribution < 1.29 is 4.79 Å². The monoisotopic (exact) mass is 320 g/mol. The van der Waals surface area contributed by atoms with Crippen LogP contribution in [0.5, 0.6) is 0 Å². The first-order valence-electron chi connectivity index (χ1n) is 6.79. The summed E-state index contributed by atoms with van der Waals surface area (Å²) in [5, 5.41) is 5.96. The lowest BCUT2D eigenvalue weighted by molar-refractivity contribution is 0.251. The number of carbonyl (C=O) groups excluding carboxylic acids is 1. The minimum absolute atomic E-state index is 0.109. The van der Waals surface area contributed by atoms with Crippen LogP contribution in [0.15, 0.2) is 35.5 Å². The van der Waals surface area contributed by atoms with Crippen LogP contribution in [0, 0.1) is 13.8 Å². The van der Waals surface area contributed by atoms with E-state index >= 15 is 0 Å². The van der Waals surface area contributed by atoms with Crippen molar-refractivity contribution in [1.82, 2.24) is 14.9 Å². The van der Waals surface area contributed by atoms with E-state index < -0.39 is 0 Å². The Morgan fingerprint density at radius 3 is 2.82 bits per heavy atom. The molecule has 0 radical (unpaired) electrons. The topological polar surface area (TPSA) is 76.0 Å². The highest BCUT2D eigenvalue weighted by molar-refractivity contribution is 6.31. The molecule has 1 aromatic carbocycles. The molecule has 1 heterocycles. The molecule has 0 saturated heterocycles. The zero-order valence-corrected chi connectivity index (χ0v) is 13.1. The van der Waals surface area contributed by atoms with Gasteiger partial charge in [0.2, 0.25) is 0 Å². The number of nitrogens with one attached hydrogen (secondary N) is 2. The van der Waals surface area contributed by atoms with Crippen molar-refractivity contribution in [3.05, 3.63) is 57.2 Å². The van der Waals surface area contributed by atoms with Crippen molar-refractivity contribution in [3.63, 3.8) is 0 Å². The maximum atomic E-state index is 11.8. The Bertz CT molecular complexity index is 743. The van der Waals surface area contributed by atoms with Gasteiger partial charge in [-0.3, -0.25) is 9.36 Å². The quantitative estimate of drug-likeness (QED) is 0.907. The maximum absolute atomic E-state index is 11.8. The van der Waals surface area contributed by atoms with Gasteiger partial charge in [0, 0.05) is 35.6 Å². The van der Waals surface area contributed by atoms with Gasteiger partial charge in [0.05, 0.1) is 6.33 Å². The molecule has 7 heteroatoms. The highest BCUT2D eigenvalue weighted by Gasteiger charge is 2.04.